The third-order valence-corrected chi connectivity index (χ3v) is 6.96. The first-order valence-corrected chi connectivity index (χ1v) is 11.3. The molecule has 1 aliphatic rings. The summed E-state index contributed by atoms with van der Waals surface area (Å²) in [5, 5.41) is 2.29. The van der Waals surface area contributed by atoms with Crippen molar-refractivity contribution in [2.24, 2.45) is 0 Å². The zero-order chi connectivity index (χ0) is 22.6. The Labute approximate surface area is 194 Å². The van der Waals surface area contributed by atoms with Crippen molar-refractivity contribution >= 4 is 21.9 Å². The molecule has 33 heavy (non-hydrogen) atoms. The Morgan fingerprint density at radius 3 is 2.36 bits per heavy atom. The lowest BCUT2D eigenvalue weighted by Crippen LogP contribution is -2.29. The van der Waals surface area contributed by atoms with Crippen LogP contribution >= 0.6 is 0 Å². The topological polar surface area (TPSA) is 13.1 Å². The predicted molar refractivity (Wildman–Crippen MR) is 139 cm³/mol. The number of hydrogen-bond acceptors (Lipinski definition) is 1. The van der Waals surface area contributed by atoms with E-state index in [1.807, 2.05) is 24.3 Å². The Morgan fingerprint density at radius 2 is 1.58 bits per heavy atom. The summed E-state index contributed by atoms with van der Waals surface area (Å²) in [4.78, 5) is 0. The van der Waals surface area contributed by atoms with Crippen LogP contribution in [0.5, 0.6) is 0 Å². The van der Waals surface area contributed by atoms with E-state index in [1.165, 1.54) is 33.4 Å². The van der Waals surface area contributed by atoms with Crippen LogP contribution in [0.25, 0.3) is 33.1 Å². The maximum atomic E-state index is 6.53. The molecule has 0 amide bonds. The molecule has 0 aliphatic heterocycles. The Bertz CT molecular complexity index is 1600. The van der Waals surface area contributed by atoms with Crippen molar-refractivity contribution in [2.75, 3.05) is 0 Å². The number of hydrogen-bond donors (Lipinski definition) is 0. The molecule has 1 aliphatic carbocycles. The summed E-state index contributed by atoms with van der Waals surface area (Å²) in [5.74, 6) is 0. The first kappa shape index (κ1) is 19.6. The van der Waals surface area contributed by atoms with Crippen molar-refractivity contribution in [1.29, 1.82) is 0 Å². The number of furan rings is 1. The molecule has 0 radical (unpaired) electrons. The standard InChI is InChI=1S/C32H24O/c1-4-11-22(5-2)32(23-12-7-6-8-13-23)27-18-16-21(3)20-26(27)30-28(32)19-17-25-24-14-9-10-15-29(24)33-31(25)30/h4-20H,1-2H2,3H3/b22-11+. The summed E-state index contributed by atoms with van der Waals surface area (Å²) in [7, 11) is 0. The zero-order valence-electron chi connectivity index (χ0n) is 18.6. The van der Waals surface area contributed by atoms with Gasteiger partial charge >= 0.3 is 0 Å². The fraction of sp³-hybridized carbons (Fsp3) is 0.0625. The van der Waals surface area contributed by atoms with Crippen LogP contribution in [-0.2, 0) is 5.41 Å². The zero-order valence-corrected chi connectivity index (χ0v) is 18.6. The highest BCUT2D eigenvalue weighted by atomic mass is 16.3. The van der Waals surface area contributed by atoms with Crippen molar-refractivity contribution in [2.45, 2.75) is 12.3 Å². The quantitative estimate of drug-likeness (QED) is 0.264. The molecule has 1 heteroatoms. The van der Waals surface area contributed by atoms with Gasteiger partial charge in [-0.1, -0.05) is 116 Å². The van der Waals surface area contributed by atoms with E-state index in [9.17, 15) is 0 Å². The van der Waals surface area contributed by atoms with Gasteiger partial charge in [-0.2, -0.15) is 0 Å². The lowest BCUT2D eigenvalue weighted by molar-refractivity contribution is 0.669. The molecule has 1 nitrogen and oxygen atoms in total. The van der Waals surface area contributed by atoms with E-state index in [-0.39, 0.29) is 0 Å². The van der Waals surface area contributed by atoms with Crippen LogP contribution in [0.3, 0.4) is 0 Å². The minimum Gasteiger partial charge on any atom is -0.455 e. The van der Waals surface area contributed by atoms with Crippen LogP contribution in [0.2, 0.25) is 0 Å². The van der Waals surface area contributed by atoms with E-state index in [2.05, 4.69) is 99.0 Å². The number of fused-ring (bicyclic) bond motifs is 7. The van der Waals surface area contributed by atoms with Gasteiger partial charge in [0.15, 0.2) is 0 Å². The van der Waals surface area contributed by atoms with E-state index >= 15 is 0 Å². The highest BCUT2D eigenvalue weighted by molar-refractivity contribution is 6.12. The molecule has 0 spiro atoms. The summed E-state index contributed by atoms with van der Waals surface area (Å²) in [6.07, 6.45) is 5.91. The molecular weight excluding hydrogens is 400 g/mol. The predicted octanol–water partition coefficient (Wildman–Crippen LogP) is 8.51. The van der Waals surface area contributed by atoms with Crippen LogP contribution in [0.1, 0.15) is 22.3 Å². The highest BCUT2D eigenvalue weighted by Crippen LogP contribution is 2.58. The number of rotatable bonds is 4. The van der Waals surface area contributed by atoms with Gasteiger partial charge in [-0.3, -0.25) is 0 Å². The fourth-order valence-electron chi connectivity index (χ4n) is 5.66. The average Bonchev–Trinajstić information content (AvgIpc) is 3.36. The molecule has 0 bridgehead atoms. The van der Waals surface area contributed by atoms with Gasteiger partial charge in [0.25, 0.3) is 0 Å². The van der Waals surface area contributed by atoms with Crippen LogP contribution < -0.4 is 0 Å². The molecule has 6 rings (SSSR count). The monoisotopic (exact) mass is 424 g/mol. The molecule has 0 saturated heterocycles. The van der Waals surface area contributed by atoms with Gasteiger partial charge in [0, 0.05) is 16.3 Å². The maximum Gasteiger partial charge on any atom is 0.143 e. The van der Waals surface area contributed by atoms with Crippen molar-refractivity contribution < 1.29 is 4.42 Å². The van der Waals surface area contributed by atoms with Gasteiger partial charge < -0.3 is 4.42 Å². The minimum atomic E-state index is -0.497. The lowest BCUT2D eigenvalue weighted by Gasteiger charge is -2.34. The fourth-order valence-corrected chi connectivity index (χ4v) is 5.66. The summed E-state index contributed by atoms with van der Waals surface area (Å²) >= 11 is 0. The second-order valence-corrected chi connectivity index (χ2v) is 8.69. The molecule has 1 heterocycles. The van der Waals surface area contributed by atoms with E-state index < -0.39 is 5.41 Å². The molecule has 0 fully saturated rings. The van der Waals surface area contributed by atoms with Gasteiger partial charge in [-0.25, -0.2) is 0 Å². The van der Waals surface area contributed by atoms with Crippen LogP contribution in [0.4, 0.5) is 0 Å². The average molecular weight is 425 g/mol. The van der Waals surface area contributed by atoms with Crippen LogP contribution in [0, 0.1) is 6.92 Å². The molecule has 1 unspecified atom stereocenters. The molecule has 0 N–H and O–H groups in total. The molecule has 0 saturated carbocycles. The van der Waals surface area contributed by atoms with Crippen molar-refractivity contribution in [3.63, 3.8) is 0 Å². The van der Waals surface area contributed by atoms with Gasteiger partial charge in [0.1, 0.15) is 11.2 Å². The Hall–Kier alpha value is -4.10. The van der Waals surface area contributed by atoms with Gasteiger partial charge in [0.05, 0.1) is 5.41 Å². The van der Waals surface area contributed by atoms with E-state index in [4.69, 9.17) is 4.42 Å². The smallest absolute Gasteiger partial charge is 0.143 e. The van der Waals surface area contributed by atoms with E-state index in [0.717, 1.165) is 27.5 Å². The molecular formula is C32H24O. The van der Waals surface area contributed by atoms with Crippen molar-refractivity contribution in [1.82, 2.24) is 0 Å². The largest absolute Gasteiger partial charge is 0.455 e. The number of aryl methyl sites for hydroxylation is 1. The highest BCUT2D eigenvalue weighted by Gasteiger charge is 2.47. The van der Waals surface area contributed by atoms with Crippen molar-refractivity contribution in [3.8, 4) is 11.1 Å². The van der Waals surface area contributed by atoms with Gasteiger partial charge in [-0.05, 0) is 40.8 Å². The van der Waals surface area contributed by atoms with Gasteiger partial charge in [0.2, 0.25) is 0 Å². The normalized spacial score (nSPS) is 17.2. The SMILES string of the molecule is C=C/C=C(\C=C)C1(c2ccccc2)c2ccc(C)cc2-c2c1ccc1c2oc2ccccc21. The van der Waals surface area contributed by atoms with E-state index in [0.29, 0.717) is 0 Å². The second kappa shape index (κ2) is 7.21. The number of para-hydroxylation sites is 1. The summed E-state index contributed by atoms with van der Waals surface area (Å²) in [6.45, 7) is 10.4. The summed E-state index contributed by atoms with van der Waals surface area (Å²) in [6, 6.07) is 30.2. The molecule has 4 aromatic carbocycles. The third-order valence-electron chi connectivity index (χ3n) is 6.96. The molecule has 1 aromatic heterocycles. The third kappa shape index (κ3) is 2.54. The van der Waals surface area contributed by atoms with Gasteiger partial charge in [-0.15, -0.1) is 0 Å². The first-order valence-electron chi connectivity index (χ1n) is 11.3. The van der Waals surface area contributed by atoms with Crippen LogP contribution in [-0.4, -0.2) is 0 Å². The Kier molecular flexibility index (Phi) is 4.28. The van der Waals surface area contributed by atoms with Crippen molar-refractivity contribution in [3.05, 3.63) is 144 Å². The lowest BCUT2D eigenvalue weighted by atomic mass is 9.67. The van der Waals surface area contributed by atoms with Crippen LogP contribution in [0.15, 0.2) is 126 Å². The number of allylic oxidation sites excluding steroid dienone is 4. The summed E-state index contributed by atoms with van der Waals surface area (Å²) < 4.78 is 6.53. The van der Waals surface area contributed by atoms with E-state index in [1.54, 1.807) is 0 Å². The molecule has 158 valence electrons. The molecule has 1 atom stereocenters. The maximum absolute atomic E-state index is 6.53. The Balaban J connectivity index is 1.86. The molecule has 5 aromatic rings. The first-order chi connectivity index (χ1) is 16.2. The minimum absolute atomic E-state index is 0.497. The second-order valence-electron chi connectivity index (χ2n) is 8.69. The summed E-state index contributed by atoms with van der Waals surface area (Å²) in [5.41, 5.74) is 9.74. The Morgan fingerprint density at radius 1 is 0.818 bits per heavy atom. The number of benzene rings is 4.